The number of pyridine rings is 1. The largest absolute Gasteiger partial charge is 0.350 e. The molecule has 2 unspecified atom stereocenters. The van der Waals surface area contributed by atoms with E-state index in [4.69, 9.17) is 17.3 Å². The number of halogens is 2. The predicted octanol–water partition coefficient (Wildman–Crippen LogP) is 2.83. The minimum atomic E-state index is -0.365. The molecule has 0 saturated carbocycles. The van der Waals surface area contributed by atoms with Crippen LogP contribution in [0.25, 0.3) is 0 Å². The fourth-order valence-corrected chi connectivity index (χ4v) is 2.77. The van der Waals surface area contributed by atoms with Gasteiger partial charge in [-0.3, -0.25) is 0 Å². The molecule has 100 valence electrons. The van der Waals surface area contributed by atoms with Crippen molar-refractivity contribution in [1.29, 1.82) is 0 Å². The second kappa shape index (κ2) is 5.85. The average Bonchev–Trinajstić information content (AvgIpc) is 2.38. The molecule has 0 bridgehead atoms. The number of piperidine rings is 1. The highest BCUT2D eigenvalue weighted by Crippen LogP contribution is 2.30. The van der Waals surface area contributed by atoms with Crippen LogP contribution in [0.3, 0.4) is 0 Å². The molecule has 1 aliphatic heterocycles. The third-order valence-electron chi connectivity index (χ3n) is 3.73. The second-order valence-electron chi connectivity index (χ2n) is 4.84. The molecule has 0 spiro atoms. The van der Waals surface area contributed by atoms with Crippen LogP contribution in [0, 0.1) is 11.7 Å². The summed E-state index contributed by atoms with van der Waals surface area (Å²) >= 11 is 5.73. The van der Waals surface area contributed by atoms with Gasteiger partial charge in [0.25, 0.3) is 0 Å². The Labute approximate surface area is 112 Å². The van der Waals surface area contributed by atoms with Crippen molar-refractivity contribution in [3.05, 3.63) is 23.1 Å². The molecular weight excluding hydrogens is 253 g/mol. The van der Waals surface area contributed by atoms with Gasteiger partial charge in [0.15, 0.2) is 11.6 Å². The zero-order chi connectivity index (χ0) is 13.1. The standard InChI is InChI=1S/C13H19ClFN3/c1-2-9-3-4-18(11(5-9)7-16)13-12(15)6-10(14)8-17-13/h6,8-9,11H,2-5,7,16H2,1H3. The average molecular weight is 272 g/mol. The Kier molecular flexibility index (Phi) is 4.40. The van der Waals surface area contributed by atoms with E-state index in [1.165, 1.54) is 12.3 Å². The summed E-state index contributed by atoms with van der Waals surface area (Å²) in [7, 11) is 0. The molecule has 0 radical (unpaired) electrons. The molecule has 18 heavy (non-hydrogen) atoms. The van der Waals surface area contributed by atoms with E-state index in [0.717, 1.165) is 25.8 Å². The monoisotopic (exact) mass is 271 g/mol. The van der Waals surface area contributed by atoms with E-state index in [0.29, 0.717) is 23.3 Å². The van der Waals surface area contributed by atoms with E-state index in [9.17, 15) is 4.39 Å². The van der Waals surface area contributed by atoms with Crippen molar-refractivity contribution in [3.63, 3.8) is 0 Å². The lowest BCUT2D eigenvalue weighted by Crippen LogP contribution is -2.47. The lowest BCUT2D eigenvalue weighted by Gasteiger charge is -2.39. The first-order valence-electron chi connectivity index (χ1n) is 6.43. The summed E-state index contributed by atoms with van der Waals surface area (Å²) in [6.07, 6.45) is 4.72. The molecule has 1 fully saturated rings. The summed E-state index contributed by atoms with van der Waals surface area (Å²) in [5.74, 6) is 0.700. The Morgan fingerprint density at radius 2 is 2.39 bits per heavy atom. The topological polar surface area (TPSA) is 42.2 Å². The van der Waals surface area contributed by atoms with Gasteiger partial charge in [0.1, 0.15) is 0 Å². The number of aromatic nitrogens is 1. The lowest BCUT2D eigenvalue weighted by atomic mass is 9.89. The molecule has 5 heteroatoms. The number of hydrogen-bond acceptors (Lipinski definition) is 3. The fourth-order valence-electron chi connectivity index (χ4n) is 2.63. The molecule has 3 nitrogen and oxygen atoms in total. The van der Waals surface area contributed by atoms with E-state index in [1.54, 1.807) is 0 Å². The van der Waals surface area contributed by atoms with Gasteiger partial charge in [0.2, 0.25) is 0 Å². The van der Waals surface area contributed by atoms with Crippen LogP contribution in [-0.4, -0.2) is 24.1 Å². The zero-order valence-corrected chi connectivity index (χ0v) is 11.3. The highest BCUT2D eigenvalue weighted by molar-refractivity contribution is 6.30. The number of hydrogen-bond donors (Lipinski definition) is 1. The van der Waals surface area contributed by atoms with Gasteiger partial charge in [-0.2, -0.15) is 0 Å². The van der Waals surface area contributed by atoms with Crippen LogP contribution < -0.4 is 10.6 Å². The van der Waals surface area contributed by atoms with Gasteiger partial charge in [0.05, 0.1) is 5.02 Å². The minimum Gasteiger partial charge on any atom is -0.350 e. The Morgan fingerprint density at radius 1 is 1.61 bits per heavy atom. The van der Waals surface area contributed by atoms with Crippen molar-refractivity contribution in [3.8, 4) is 0 Å². The smallest absolute Gasteiger partial charge is 0.167 e. The maximum Gasteiger partial charge on any atom is 0.167 e. The first kappa shape index (κ1) is 13.6. The van der Waals surface area contributed by atoms with Gasteiger partial charge in [-0.25, -0.2) is 9.37 Å². The SMILES string of the molecule is CCC1CCN(c2ncc(Cl)cc2F)C(CN)C1. The van der Waals surface area contributed by atoms with Gasteiger partial charge < -0.3 is 10.6 Å². The lowest BCUT2D eigenvalue weighted by molar-refractivity contribution is 0.332. The highest BCUT2D eigenvalue weighted by Gasteiger charge is 2.29. The molecular formula is C13H19ClFN3. The van der Waals surface area contributed by atoms with E-state index >= 15 is 0 Å². The number of anilines is 1. The Bertz CT molecular complexity index is 413. The van der Waals surface area contributed by atoms with Crippen LogP contribution in [-0.2, 0) is 0 Å². The molecule has 2 N–H and O–H groups in total. The summed E-state index contributed by atoms with van der Waals surface area (Å²) in [4.78, 5) is 6.10. The van der Waals surface area contributed by atoms with Crippen LogP contribution in [0.4, 0.5) is 10.2 Å². The van der Waals surface area contributed by atoms with Crippen molar-refractivity contribution in [2.24, 2.45) is 11.7 Å². The summed E-state index contributed by atoms with van der Waals surface area (Å²) < 4.78 is 13.9. The Hall–Kier alpha value is -0.870. The van der Waals surface area contributed by atoms with Crippen molar-refractivity contribution >= 4 is 17.4 Å². The van der Waals surface area contributed by atoms with Gasteiger partial charge >= 0.3 is 0 Å². The van der Waals surface area contributed by atoms with Crippen LogP contribution in [0.2, 0.25) is 5.02 Å². The molecule has 0 aromatic carbocycles. The number of rotatable bonds is 3. The van der Waals surface area contributed by atoms with Gasteiger partial charge in [-0.1, -0.05) is 24.9 Å². The normalized spacial score (nSPS) is 24.3. The molecule has 1 aromatic rings. The summed E-state index contributed by atoms with van der Waals surface area (Å²) in [6, 6.07) is 1.48. The quantitative estimate of drug-likeness (QED) is 0.919. The zero-order valence-electron chi connectivity index (χ0n) is 10.6. The number of nitrogens with zero attached hydrogens (tertiary/aromatic N) is 2. The van der Waals surface area contributed by atoms with Gasteiger partial charge in [-0.15, -0.1) is 0 Å². The fraction of sp³-hybridized carbons (Fsp3) is 0.615. The first-order chi connectivity index (χ1) is 8.65. The van der Waals surface area contributed by atoms with Crippen LogP contribution in [0.1, 0.15) is 26.2 Å². The van der Waals surface area contributed by atoms with Crippen molar-refractivity contribution in [2.45, 2.75) is 32.2 Å². The van der Waals surface area contributed by atoms with Crippen molar-refractivity contribution in [1.82, 2.24) is 4.98 Å². The maximum absolute atomic E-state index is 13.9. The summed E-state index contributed by atoms with van der Waals surface area (Å²) in [5, 5.41) is 0.323. The molecule has 1 saturated heterocycles. The molecule has 1 aromatic heterocycles. The molecule has 2 atom stereocenters. The number of nitrogens with two attached hydrogens (primary N) is 1. The third-order valence-corrected chi connectivity index (χ3v) is 3.94. The van der Waals surface area contributed by atoms with Gasteiger partial charge in [-0.05, 0) is 24.8 Å². The molecule has 2 heterocycles. The molecule has 1 aliphatic rings. The summed E-state index contributed by atoms with van der Waals surface area (Å²) in [6.45, 7) is 3.53. The Morgan fingerprint density at radius 3 is 3.00 bits per heavy atom. The van der Waals surface area contributed by atoms with E-state index in [2.05, 4.69) is 11.9 Å². The van der Waals surface area contributed by atoms with Crippen LogP contribution >= 0.6 is 11.6 Å². The van der Waals surface area contributed by atoms with E-state index in [-0.39, 0.29) is 11.9 Å². The predicted molar refractivity (Wildman–Crippen MR) is 72.4 cm³/mol. The molecule has 0 amide bonds. The van der Waals surface area contributed by atoms with Gasteiger partial charge in [0, 0.05) is 25.3 Å². The molecule has 2 rings (SSSR count). The third kappa shape index (κ3) is 2.75. The minimum absolute atomic E-state index is 0.173. The van der Waals surface area contributed by atoms with E-state index in [1.807, 2.05) is 4.90 Å². The summed E-state index contributed by atoms with van der Waals surface area (Å²) in [5.41, 5.74) is 5.81. The maximum atomic E-state index is 13.9. The molecule has 0 aliphatic carbocycles. The van der Waals surface area contributed by atoms with Crippen molar-refractivity contribution in [2.75, 3.05) is 18.0 Å². The first-order valence-corrected chi connectivity index (χ1v) is 6.81. The van der Waals surface area contributed by atoms with Crippen LogP contribution in [0.5, 0.6) is 0 Å². The van der Waals surface area contributed by atoms with Crippen molar-refractivity contribution < 1.29 is 4.39 Å². The van der Waals surface area contributed by atoms with E-state index < -0.39 is 0 Å². The highest BCUT2D eigenvalue weighted by atomic mass is 35.5. The van der Waals surface area contributed by atoms with Crippen LogP contribution in [0.15, 0.2) is 12.3 Å². The Balaban J connectivity index is 2.21. The second-order valence-corrected chi connectivity index (χ2v) is 5.28.